The van der Waals surface area contributed by atoms with E-state index in [9.17, 15) is 4.79 Å². The molecule has 2 rings (SSSR count). The summed E-state index contributed by atoms with van der Waals surface area (Å²) in [5, 5.41) is 0.605. The molecule has 0 atom stereocenters. The smallest absolute Gasteiger partial charge is 0.142 e. The molecule has 0 amide bonds. The highest BCUT2D eigenvalue weighted by Crippen LogP contribution is 2.30. The number of anilines is 1. The van der Waals surface area contributed by atoms with E-state index >= 15 is 0 Å². The van der Waals surface area contributed by atoms with Gasteiger partial charge in [-0.2, -0.15) is 11.8 Å². The molecule has 0 radical (unpaired) electrons. The number of ketones is 1. The Kier molecular flexibility index (Phi) is 5.77. The summed E-state index contributed by atoms with van der Waals surface area (Å²) in [6.07, 6.45) is 1.32. The number of carbonyl (C=O) groups is 1. The predicted molar refractivity (Wildman–Crippen MR) is 86.0 cm³/mol. The lowest BCUT2D eigenvalue weighted by Crippen LogP contribution is -2.34. The minimum absolute atomic E-state index is 0.363. The van der Waals surface area contributed by atoms with Crippen LogP contribution in [0.4, 0.5) is 5.69 Å². The van der Waals surface area contributed by atoms with E-state index in [1.54, 1.807) is 0 Å². The fourth-order valence-corrected chi connectivity index (χ4v) is 3.07. The van der Waals surface area contributed by atoms with Crippen LogP contribution < -0.4 is 9.64 Å². The number of benzene rings is 1. The molecule has 1 aromatic carbocycles. The maximum atomic E-state index is 11.9. The van der Waals surface area contributed by atoms with E-state index in [1.807, 2.05) is 30.0 Å². The van der Waals surface area contributed by atoms with Gasteiger partial charge in [0.15, 0.2) is 0 Å². The third-order valence-corrected chi connectivity index (χ3v) is 4.42. The largest absolute Gasteiger partial charge is 0.490 e. The SMILES string of the molecule is CC(C)SCCC(=O)CCN1CCOc2ccccc21. The highest BCUT2D eigenvalue weighted by atomic mass is 32.2. The second kappa shape index (κ2) is 7.58. The Labute approximate surface area is 125 Å². The van der Waals surface area contributed by atoms with Gasteiger partial charge in [0.1, 0.15) is 18.1 Å². The summed E-state index contributed by atoms with van der Waals surface area (Å²) < 4.78 is 5.62. The molecule has 1 aliphatic rings. The number of carbonyl (C=O) groups excluding carboxylic acids is 1. The van der Waals surface area contributed by atoms with Crippen molar-refractivity contribution in [1.82, 2.24) is 0 Å². The average Bonchev–Trinajstić information content (AvgIpc) is 2.44. The molecule has 0 saturated heterocycles. The van der Waals surface area contributed by atoms with Crippen molar-refractivity contribution in [2.45, 2.75) is 31.9 Å². The van der Waals surface area contributed by atoms with E-state index in [0.717, 1.165) is 30.3 Å². The van der Waals surface area contributed by atoms with E-state index in [-0.39, 0.29) is 0 Å². The first-order valence-corrected chi connectivity index (χ1v) is 8.32. The average molecular weight is 293 g/mol. The van der Waals surface area contributed by atoms with E-state index in [2.05, 4.69) is 24.8 Å². The van der Waals surface area contributed by atoms with Crippen LogP contribution in [0, 0.1) is 0 Å². The van der Waals surface area contributed by atoms with Crippen LogP contribution in [0.3, 0.4) is 0 Å². The van der Waals surface area contributed by atoms with Gasteiger partial charge in [-0.25, -0.2) is 0 Å². The lowest BCUT2D eigenvalue weighted by atomic mass is 10.2. The molecule has 3 nitrogen and oxygen atoms in total. The third-order valence-electron chi connectivity index (χ3n) is 3.32. The highest BCUT2D eigenvalue weighted by Gasteiger charge is 2.17. The van der Waals surface area contributed by atoms with Crippen LogP contribution in [0.15, 0.2) is 24.3 Å². The van der Waals surface area contributed by atoms with Gasteiger partial charge in [0.05, 0.1) is 12.2 Å². The van der Waals surface area contributed by atoms with Gasteiger partial charge in [-0.3, -0.25) is 4.79 Å². The quantitative estimate of drug-likeness (QED) is 0.771. The number of para-hydroxylation sites is 2. The van der Waals surface area contributed by atoms with Crippen molar-refractivity contribution in [3.8, 4) is 5.75 Å². The molecule has 0 saturated carbocycles. The van der Waals surface area contributed by atoms with Crippen molar-refractivity contribution >= 4 is 23.2 Å². The maximum Gasteiger partial charge on any atom is 0.142 e. The third kappa shape index (κ3) is 4.44. The summed E-state index contributed by atoms with van der Waals surface area (Å²) >= 11 is 1.86. The molecule has 0 spiro atoms. The zero-order valence-corrected chi connectivity index (χ0v) is 13.1. The molecule has 1 heterocycles. The van der Waals surface area contributed by atoms with Gasteiger partial charge in [0, 0.05) is 25.1 Å². The minimum Gasteiger partial charge on any atom is -0.490 e. The molecule has 1 aromatic rings. The predicted octanol–water partition coefficient (Wildman–Crippen LogP) is 3.38. The lowest BCUT2D eigenvalue weighted by molar-refractivity contribution is -0.118. The Balaban J connectivity index is 1.79. The first-order valence-electron chi connectivity index (χ1n) is 7.27. The number of Topliss-reactive ketones (excluding diaryl/α,β-unsaturated/α-hetero) is 1. The van der Waals surface area contributed by atoms with Crippen LogP contribution in [0.2, 0.25) is 0 Å². The summed E-state index contributed by atoms with van der Waals surface area (Å²) in [6, 6.07) is 8.05. The Morgan fingerprint density at radius 1 is 1.35 bits per heavy atom. The molecule has 0 bridgehead atoms. The highest BCUT2D eigenvalue weighted by molar-refractivity contribution is 7.99. The van der Waals surface area contributed by atoms with E-state index in [1.165, 1.54) is 0 Å². The van der Waals surface area contributed by atoms with Crippen molar-refractivity contribution in [3.05, 3.63) is 24.3 Å². The number of nitrogens with zero attached hydrogens (tertiary/aromatic N) is 1. The monoisotopic (exact) mass is 293 g/mol. The van der Waals surface area contributed by atoms with Gasteiger partial charge in [0.25, 0.3) is 0 Å². The summed E-state index contributed by atoms with van der Waals surface area (Å²) in [7, 11) is 0. The van der Waals surface area contributed by atoms with Crippen molar-refractivity contribution in [2.24, 2.45) is 0 Å². The van der Waals surface area contributed by atoms with Crippen LogP contribution in [-0.2, 0) is 4.79 Å². The Bertz CT molecular complexity index is 448. The first kappa shape index (κ1) is 15.2. The van der Waals surface area contributed by atoms with Crippen molar-refractivity contribution in [2.75, 3.05) is 30.3 Å². The van der Waals surface area contributed by atoms with Crippen molar-refractivity contribution in [1.29, 1.82) is 0 Å². The topological polar surface area (TPSA) is 29.5 Å². The normalized spacial score (nSPS) is 14.1. The molecule has 20 heavy (non-hydrogen) atoms. The van der Waals surface area contributed by atoms with Gasteiger partial charge in [-0.1, -0.05) is 26.0 Å². The summed E-state index contributed by atoms with van der Waals surface area (Å²) in [5.74, 6) is 2.24. The molecule has 0 aromatic heterocycles. The second-order valence-corrected chi connectivity index (χ2v) is 6.95. The number of hydrogen-bond donors (Lipinski definition) is 0. The summed E-state index contributed by atoms with van der Waals surface area (Å²) in [6.45, 7) is 6.70. The first-order chi connectivity index (χ1) is 9.66. The van der Waals surface area contributed by atoms with Gasteiger partial charge in [-0.05, 0) is 17.4 Å². The lowest BCUT2D eigenvalue weighted by Gasteiger charge is -2.31. The van der Waals surface area contributed by atoms with E-state index in [0.29, 0.717) is 30.5 Å². The molecule has 1 aliphatic heterocycles. The van der Waals surface area contributed by atoms with Crippen LogP contribution in [0.5, 0.6) is 5.75 Å². The molecular formula is C16H23NO2S. The number of hydrogen-bond acceptors (Lipinski definition) is 4. The van der Waals surface area contributed by atoms with Crippen LogP contribution >= 0.6 is 11.8 Å². The number of thioether (sulfide) groups is 1. The van der Waals surface area contributed by atoms with E-state index < -0.39 is 0 Å². The fourth-order valence-electron chi connectivity index (χ4n) is 2.25. The fraction of sp³-hybridized carbons (Fsp3) is 0.562. The van der Waals surface area contributed by atoms with Gasteiger partial charge < -0.3 is 9.64 Å². The minimum atomic E-state index is 0.363. The number of rotatable bonds is 7. The zero-order chi connectivity index (χ0) is 14.4. The van der Waals surface area contributed by atoms with Gasteiger partial charge in [-0.15, -0.1) is 0 Å². The molecule has 0 N–H and O–H groups in total. The van der Waals surface area contributed by atoms with Crippen molar-refractivity contribution < 1.29 is 9.53 Å². The number of ether oxygens (including phenoxy) is 1. The maximum absolute atomic E-state index is 11.9. The molecule has 0 fully saturated rings. The Morgan fingerprint density at radius 3 is 2.95 bits per heavy atom. The Hall–Kier alpha value is -1.16. The summed E-state index contributed by atoms with van der Waals surface area (Å²) in [5.41, 5.74) is 1.11. The molecular weight excluding hydrogens is 270 g/mol. The van der Waals surface area contributed by atoms with Crippen LogP contribution in [-0.4, -0.2) is 36.5 Å². The van der Waals surface area contributed by atoms with Gasteiger partial charge in [0.2, 0.25) is 0 Å². The van der Waals surface area contributed by atoms with Crippen LogP contribution in [0.1, 0.15) is 26.7 Å². The Morgan fingerprint density at radius 2 is 2.15 bits per heavy atom. The van der Waals surface area contributed by atoms with Crippen LogP contribution in [0.25, 0.3) is 0 Å². The molecule has 0 aliphatic carbocycles. The summed E-state index contributed by atoms with van der Waals surface area (Å²) in [4.78, 5) is 14.2. The standard InChI is InChI=1S/C16H23NO2S/c1-13(2)20-12-8-14(18)7-9-17-10-11-19-16-6-4-3-5-15(16)17/h3-6,13H,7-12H2,1-2H3. The molecule has 4 heteroatoms. The van der Waals surface area contributed by atoms with Gasteiger partial charge >= 0.3 is 0 Å². The zero-order valence-electron chi connectivity index (χ0n) is 12.3. The molecule has 0 unspecified atom stereocenters. The second-order valence-electron chi connectivity index (χ2n) is 5.26. The number of fused-ring (bicyclic) bond motifs is 1. The van der Waals surface area contributed by atoms with Crippen molar-refractivity contribution in [3.63, 3.8) is 0 Å². The van der Waals surface area contributed by atoms with E-state index in [4.69, 9.17) is 4.74 Å². The molecule has 110 valence electrons.